The molecule has 1 aromatic carbocycles. The van der Waals surface area contributed by atoms with E-state index in [0.29, 0.717) is 28.5 Å². The maximum atomic E-state index is 12.7. The number of rotatable bonds is 5. The van der Waals surface area contributed by atoms with Crippen molar-refractivity contribution < 1.29 is 8.42 Å². The molecule has 1 aliphatic rings. The minimum Gasteiger partial charge on any atom is -0.310 e. The number of sulfonamides is 1. The Bertz CT molecular complexity index is 581. The first kappa shape index (κ1) is 16.9. The molecular weight excluding hydrogens is 352 g/mol. The van der Waals surface area contributed by atoms with Gasteiger partial charge in [-0.3, -0.25) is 0 Å². The van der Waals surface area contributed by atoms with E-state index in [9.17, 15) is 8.42 Å². The number of nitrogens with zero attached hydrogens (tertiary/aromatic N) is 1. The lowest BCUT2D eigenvalue weighted by Crippen LogP contribution is -2.35. The van der Waals surface area contributed by atoms with Crippen molar-refractivity contribution in [3.05, 3.63) is 28.2 Å². The highest BCUT2D eigenvalue weighted by Crippen LogP contribution is 2.28. The summed E-state index contributed by atoms with van der Waals surface area (Å²) in [4.78, 5) is 0.373. The van der Waals surface area contributed by atoms with Crippen LogP contribution in [0, 0.1) is 0 Å². The molecule has 0 aliphatic carbocycles. The molecule has 1 heterocycles. The summed E-state index contributed by atoms with van der Waals surface area (Å²) in [6.45, 7) is 6.17. The van der Waals surface area contributed by atoms with Gasteiger partial charge in [-0.1, -0.05) is 26.3 Å². The van der Waals surface area contributed by atoms with E-state index in [0.717, 1.165) is 31.4 Å². The zero-order valence-corrected chi connectivity index (χ0v) is 15.0. The minimum absolute atomic E-state index is 0.373. The van der Waals surface area contributed by atoms with Gasteiger partial charge >= 0.3 is 0 Å². The molecule has 0 spiro atoms. The van der Waals surface area contributed by atoms with Crippen molar-refractivity contribution in [3.8, 4) is 0 Å². The molecule has 1 N–H and O–H groups in total. The molecule has 0 amide bonds. The van der Waals surface area contributed by atoms with Crippen LogP contribution in [-0.2, 0) is 16.6 Å². The maximum absolute atomic E-state index is 12.7. The molecule has 0 bridgehead atoms. The predicted octanol–water partition coefficient (Wildman–Crippen LogP) is 3.12. The SMILES string of the molecule is CC(C)NCc1ccc(S(=O)(=O)N2CCCCC2)c(Br)c1. The summed E-state index contributed by atoms with van der Waals surface area (Å²) in [7, 11) is -3.37. The van der Waals surface area contributed by atoms with Crippen LogP contribution in [0.4, 0.5) is 0 Å². The fourth-order valence-corrected chi connectivity index (χ4v) is 5.03. The van der Waals surface area contributed by atoms with Gasteiger partial charge in [-0.05, 0) is 46.5 Å². The van der Waals surface area contributed by atoms with E-state index in [1.54, 1.807) is 10.4 Å². The molecule has 1 fully saturated rings. The van der Waals surface area contributed by atoms with Crippen molar-refractivity contribution in [2.45, 2.75) is 50.6 Å². The Hall–Kier alpha value is -0.430. The van der Waals surface area contributed by atoms with E-state index in [1.807, 2.05) is 12.1 Å². The zero-order chi connectivity index (χ0) is 15.5. The number of nitrogens with one attached hydrogen (secondary N) is 1. The fraction of sp³-hybridized carbons (Fsp3) is 0.600. The second-order valence-corrected chi connectivity index (χ2v) is 8.53. The van der Waals surface area contributed by atoms with Gasteiger partial charge in [-0.15, -0.1) is 0 Å². The molecule has 0 saturated carbocycles. The molecule has 6 heteroatoms. The molecule has 21 heavy (non-hydrogen) atoms. The Balaban J connectivity index is 2.19. The van der Waals surface area contributed by atoms with Crippen LogP contribution in [0.25, 0.3) is 0 Å². The predicted molar refractivity (Wildman–Crippen MR) is 88.7 cm³/mol. The van der Waals surface area contributed by atoms with Crippen molar-refractivity contribution in [2.24, 2.45) is 0 Å². The highest BCUT2D eigenvalue weighted by Gasteiger charge is 2.27. The largest absolute Gasteiger partial charge is 0.310 e. The van der Waals surface area contributed by atoms with Crippen LogP contribution in [0.1, 0.15) is 38.7 Å². The first-order valence-electron chi connectivity index (χ1n) is 7.43. The summed E-state index contributed by atoms with van der Waals surface area (Å²) in [5.41, 5.74) is 1.08. The van der Waals surface area contributed by atoms with E-state index < -0.39 is 10.0 Å². The molecule has 118 valence electrons. The first-order valence-corrected chi connectivity index (χ1v) is 9.66. The Morgan fingerprint density at radius 1 is 1.24 bits per heavy atom. The number of hydrogen-bond donors (Lipinski definition) is 1. The topological polar surface area (TPSA) is 49.4 Å². The van der Waals surface area contributed by atoms with Crippen molar-refractivity contribution in [2.75, 3.05) is 13.1 Å². The Labute approximate surface area is 136 Å². The minimum atomic E-state index is -3.37. The average molecular weight is 375 g/mol. The molecule has 0 unspecified atom stereocenters. The molecule has 0 atom stereocenters. The Morgan fingerprint density at radius 3 is 2.48 bits per heavy atom. The van der Waals surface area contributed by atoms with Crippen LogP contribution in [0.5, 0.6) is 0 Å². The Morgan fingerprint density at radius 2 is 1.90 bits per heavy atom. The van der Waals surface area contributed by atoms with E-state index in [2.05, 4.69) is 35.1 Å². The maximum Gasteiger partial charge on any atom is 0.244 e. The highest BCUT2D eigenvalue weighted by atomic mass is 79.9. The third kappa shape index (κ3) is 4.28. The molecule has 4 nitrogen and oxygen atoms in total. The first-order chi connectivity index (χ1) is 9.91. The summed E-state index contributed by atoms with van der Waals surface area (Å²) in [6, 6.07) is 5.90. The van der Waals surface area contributed by atoms with Gasteiger partial charge in [0.25, 0.3) is 0 Å². The second-order valence-electron chi connectivity index (χ2n) is 5.77. The van der Waals surface area contributed by atoms with Gasteiger partial charge in [0.15, 0.2) is 0 Å². The summed E-state index contributed by atoms with van der Waals surface area (Å²) in [5.74, 6) is 0. The van der Waals surface area contributed by atoms with Crippen LogP contribution in [0.3, 0.4) is 0 Å². The number of piperidine rings is 1. The van der Waals surface area contributed by atoms with Crippen molar-refractivity contribution in [1.82, 2.24) is 9.62 Å². The van der Waals surface area contributed by atoms with Crippen LogP contribution in [0.15, 0.2) is 27.6 Å². The number of hydrogen-bond acceptors (Lipinski definition) is 3. The molecule has 2 rings (SSSR count). The van der Waals surface area contributed by atoms with Gasteiger partial charge in [0, 0.05) is 30.1 Å². The van der Waals surface area contributed by atoms with Crippen molar-refractivity contribution >= 4 is 26.0 Å². The van der Waals surface area contributed by atoms with Crippen LogP contribution in [-0.4, -0.2) is 31.9 Å². The van der Waals surface area contributed by atoms with Crippen LogP contribution < -0.4 is 5.32 Å². The van der Waals surface area contributed by atoms with Crippen LogP contribution in [0.2, 0.25) is 0 Å². The number of benzene rings is 1. The third-order valence-corrected chi connectivity index (χ3v) is 6.52. The second kappa shape index (κ2) is 7.22. The number of halogens is 1. The summed E-state index contributed by atoms with van der Waals surface area (Å²) in [5, 5.41) is 3.33. The van der Waals surface area contributed by atoms with Gasteiger partial charge in [-0.25, -0.2) is 8.42 Å². The quantitative estimate of drug-likeness (QED) is 0.860. The van der Waals surface area contributed by atoms with Gasteiger partial charge in [-0.2, -0.15) is 4.31 Å². The van der Waals surface area contributed by atoms with Crippen molar-refractivity contribution in [1.29, 1.82) is 0 Å². The highest BCUT2D eigenvalue weighted by molar-refractivity contribution is 9.10. The monoisotopic (exact) mass is 374 g/mol. The molecular formula is C15H23BrN2O2S. The summed E-state index contributed by atoms with van der Waals surface area (Å²) < 4.78 is 27.6. The third-order valence-electron chi connectivity index (χ3n) is 3.64. The summed E-state index contributed by atoms with van der Waals surface area (Å²) in [6.07, 6.45) is 3.02. The van der Waals surface area contributed by atoms with E-state index >= 15 is 0 Å². The lowest BCUT2D eigenvalue weighted by Gasteiger charge is -2.26. The summed E-state index contributed by atoms with van der Waals surface area (Å²) >= 11 is 3.42. The van der Waals surface area contributed by atoms with Gasteiger partial charge in [0.05, 0.1) is 4.90 Å². The smallest absolute Gasteiger partial charge is 0.244 e. The Kier molecular flexibility index (Phi) is 5.82. The molecule has 1 aromatic rings. The lowest BCUT2D eigenvalue weighted by molar-refractivity contribution is 0.346. The van der Waals surface area contributed by atoms with Crippen LogP contribution >= 0.6 is 15.9 Å². The zero-order valence-electron chi connectivity index (χ0n) is 12.6. The van der Waals surface area contributed by atoms with Gasteiger partial charge in [0.1, 0.15) is 0 Å². The van der Waals surface area contributed by atoms with E-state index in [-0.39, 0.29) is 0 Å². The molecule has 0 aromatic heterocycles. The van der Waals surface area contributed by atoms with Gasteiger partial charge in [0.2, 0.25) is 10.0 Å². The lowest BCUT2D eigenvalue weighted by atomic mass is 10.2. The fourth-order valence-electron chi connectivity index (χ4n) is 2.43. The van der Waals surface area contributed by atoms with Gasteiger partial charge < -0.3 is 5.32 Å². The molecule has 0 radical (unpaired) electrons. The molecule has 1 saturated heterocycles. The average Bonchev–Trinajstić information content (AvgIpc) is 2.46. The normalized spacial score (nSPS) is 17.3. The standard InChI is InChI=1S/C15H23BrN2O2S/c1-12(2)17-11-13-6-7-15(14(16)10-13)21(19,20)18-8-4-3-5-9-18/h6-7,10,12,17H,3-5,8-9,11H2,1-2H3. The van der Waals surface area contributed by atoms with Crippen molar-refractivity contribution in [3.63, 3.8) is 0 Å². The van der Waals surface area contributed by atoms with E-state index in [4.69, 9.17) is 0 Å². The molecule has 1 aliphatic heterocycles. The van der Waals surface area contributed by atoms with E-state index in [1.165, 1.54) is 0 Å².